The number of aryl methyl sites for hydroxylation is 2. The summed E-state index contributed by atoms with van der Waals surface area (Å²) >= 11 is 0. The van der Waals surface area contributed by atoms with Crippen LogP contribution in [0.25, 0.3) is 0 Å². The van der Waals surface area contributed by atoms with Crippen molar-refractivity contribution in [3.8, 4) is 0 Å². The van der Waals surface area contributed by atoms with E-state index in [2.05, 4.69) is 43.5 Å². The number of benzene rings is 1. The molecule has 0 bridgehead atoms. The van der Waals surface area contributed by atoms with Crippen LogP contribution in [0.2, 0.25) is 0 Å². The molecule has 3 N–H and O–H groups in total. The third-order valence-electron chi connectivity index (χ3n) is 3.23. The summed E-state index contributed by atoms with van der Waals surface area (Å²) in [6, 6.07) is 6.68. The summed E-state index contributed by atoms with van der Waals surface area (Å²) in [5, 5.41) is 0. The third-order valence-corrected chi connectivity index (χ3v) is 3.23. The highest BCUT2D eigenvalue weighted by molar-refractivity contribution is 5.30. The molecule has 1 aromatic carbocycles. The molecule has 1 aromatic rings. The summed E-state index contributed by atoms with van der Waals surface area (Å²) in [6.45, 7) is 5.05. The van der Waals surface area contributed by atoms with Crippen LogP contribution < -0.4 is 11.3 Å². The van der Waals surface area contributed by atoms with Gasteiger partial charge in [-0.3, -0.25) is 5.84 Å². The molecule has 0 spiro atoms. The highest BCUT2D eigenvalue weighted by Gasteiger charge is 2.17. The highest BCUT2D eigenvalue weighted by atomic mass is 16.5. The van der Waals surface area contributed by atoms with Gasteiger partial charge in [-0.15, -0.1) is 0 Å². The van der Waals surface area contributed by atoms with Gasteiger partial charge in [0.2, 0.25) is 0 Å². The second kappa shape index (κ2) is 6.03. The van der Waals surface area contributed by atoms with E-state index >= 15 is 0 Å². The van der Waals surface area contributed by atoms with Gasteiger partial charge in [0.25, 0.3) is 0 Å². The molecule has 0 amide bonds. The minimum absolute atomic E-state index is 0.0755. The van der Waals surface area contributed by atoms with Crippen molar-refractivity contribution in [3.05, 3.63) is 46.7 Å². The fourth-order valence-corrected chi connectivity index (χ4v) is 2.48. The maximum absolute atomic E-state index is 5.68. The molecular formula is C15H22N2O. The highest BCUT2D eigenvalue weighted by Crippen LogP contribution is 2.18. The summed E-state index contributed by atoms with van der Waals surface area (Å²) in [6.07, 6.45) is 5.20. The maximum atomic E-state index is 5.68. The number of nitrogens with two attached hydrogens (primary N) is 1. The Morgan fingerprint density at radius 3 is 2.56 bits per heavy atom. The average Bonchev–Trinajstić information content (AvgIpc) is 2.36. The van der Waals surface area contributed by atoms with Crippen LogP contribution in [-0.2, 0) is 11.2 Å². The topological polar surface area (TPSA) is 47.3 Å². The quantitative estimate of drug-likeness (QED) is 0.633. The minimum atomic E-state index is 0.0755. The summed E-state index contributed by atoms with van der Waals surface area (Å²) in [5.41, 5.74) is 6.74. The summed E-state index contributed by atoms with van der Waals surface area (Å²) in [4.78, 5) is 0. The van der Waals surface area contributed by atoms with Gasteiger partial charge in [-0.05, 0) is 44.7 Å². The lowest BCUT2D eigenvalue weighted by Crippen LogP contribution is -2.39. The van der Waals surface area contributed by atoms with E-state index in [0.29, 0.717) is 0 Å². The van der Waals surface area contributed by atoms with Crippen molar-refractivity contribution < 1.29 is 4.74 Å². The first kappa shape index (κ1) is 13.1. The molecule has 3 heteroatoms. The van der Waals surface area contributed by atoms with Gasteiger partial charge >= 0.3 is 0 Å². The molecule has 0 radical (unpaired) electrons. The Morgan fingerprint density at radius 1 is 1.28 bits per heavy atom. The molecule has 0 saturated heterocycles. The smallest absolute Gasteiger partial charge is 0.111 e. The van der Waals surface area contributed by atoms with E-state index in [1.807, 2.05) is 0 Å². The number of ether oxygens (including phenoxy) is 1. The predicted octanol–water partition coefficient (Wildman–Crippen LogP) is 2.37. The zero-order valence-electron chi connectivity index (χ0n) is 11.2. The van der Waals surface area contributed by atoms with Gasteiger partial charge in [-0.1, -0.05) is 29.3 Å². The summed E-state index contributed by atoms with van der Waals surface area (Å²) < 4.78 is 5.68. The minimum Gasteiger partial charge on any atom is -0.497 e. The molecule has 98 valence electrons. The Hall–Kier alpha value is -1.32. The third kappa shape index (κ3) is 3.34. The number of hydrazine groups is 1. The standard InChI is InChI=1S/C15H22N2O/c1-11-7-12(2)9-13(8-11)10-14(17-16)15-5-3-4-6-18-15/h5,7-9,14,17H,3-4,6,10,16H2,1-2H3. The number of nitrogens with one attached hydrogen (secondary N) is 1. The predicted molar refractivity (Wildman–Crippen MR) is 74.0 cm³/mol. The first-order chi connectivity index (χ1) is 8.69. The van der Waals surface area contributed by atoms with Gasteiger partial charge in [0.1, 0.15) is 5.76 Å². The molecule has 18 heavy (non-hydrogen) atoms. The number of hydrogen-bond acceptors (Lipinski definition) is 3. The van der Waals surface area contributed by atoms with E-state index in [9.17, 15) is 0 Å². The molecule has 1 aliphatic heterocycles. The Bertz CT molecular complexity index is 420. The Kier molecular flexibility index (Phi) is 4.39. The van der Waals surface area contributed by atoms with E-state index in [0.717, 1.165) is 31.6 Å². The van der Waals surface area contributed by atoms with Crippen molar-refractivity contribution in [3.63, 3.8) is 0 Å². The van der Waals surface area contributed by atoms with Gasteiger partial charge in [0, 0.05) is 0 Å². The fourth-order valence-electron chi connectivity index (χ4n) is 2.48. The molecule has 1 unspecified atom stereocenters. The summed E-state index contributed by atoms with van der Waals surface area (Å²) in [7, 11) is 0. The van der Waals surface area contributed by atoms with Crippen LogP contribution in [-0.4, -0.2) is 12.6 Å². The van der Waals surface area contributed by atoms with E-state index in [1.165, 1.54) is 16.7 Å². The Morgan fingerprint density at radius 2 is 2.00 bits per heavy atom. The van der Waals surface area contributed by atoms with Gasteiger partial charge in [0.15, 0.2) is 0 Å². The molecule has 2 rings (SSSR count). The Labute approximate surface area is 109 Å². The molecule has 3 nitrogen and oxygen atoms in total. The lowest BCUT2D eigenvalue weighted by Gasteiger charge is -2.23. The van der Waals surface area contributed by atoms with Gasteiger partial charge < -0.3 is 4.74 Å². The first-order valence-corrected chi connectivity index (χ1v) is 6.55. The van der Waals surface area contributed by atoms with Crippen molar-refractivity contribution in [2.75, 3.05) is 6.61 Å². The first-order valence-electron chi connectivity index (χ1n) is 6.55. The van der Waals surface area contributed by atoms with E-state index < -0.39 is 0 Å². The van der Waals surface area contributed by atoms with Gasteiger partial charge in [0.05, 0.1) is 12.6 Å². The van der Waals surface area contributed by atoms with Crippen LogP contribution in [0, 0.1) is 13.8 Å². The fraction of sp³-hybridized carbons (Fsp3) is 0.467. The maximum Gasteiger partial charge on any atom is 0.111 e. The van der Waals surface area contributed by atoms with Crippen LogP contribution in [0.4, 0.5) is 0 Å². The average molecular weight is 246 g/mol. The lowest BCUT2D eigenvalue weighted by atomic mass is 9.99. The Balaban J connectivity index is 2.12. The number of allylic oxidation sites excluding steroid dienone is 1. The van der Waals surface area contributed by atoms with E-state index in [-0.39, 0.29) is 6.04 Å². The molecule has 0 saturated carbocycles. The number of rotatable bonds is 4. The van der Waals surface area contributed by atoms with Crippen LogP contribution in [0.1, 0.15) is 29.5 Å². The summed E-state index contributed by atoms with van der Waals surface area (Å²) in [5.74, 6) is 6.65. The molecule has 1 atom stereocenters. The number of hydrogen-bond donors (Lipinski definition) is 2. The normalized spacial score (nSPS) is 16.9. The largest absolute Gasteiger partial charge is 0.497 e. The molecule has 1 heterocycles. The van der Waals surface area contributed by atoms with Crippen LogP contribution in [0.3, 0.4) is 0 Å². The molecule has 0 aliphatic carbocycles. The second-order valence-corrected chi connectivity index (χ2v) is 5.02. The van der Waals surface area contributed by atoms with Crippen LogP contribution in [0.5, 0.6) is 0 Å². The van der Waals surface area contributed by atoms with Crippen LogP contribution >= 0.6 is 0 Å². The molecule has 0 aromatic heterocycles. The van der Waals surface area contributed by atoms with E-state index in [1.54, 1.807) is 0 Å². The monoisotopic (exact) mass is 246 g/mol. The SMILES string of the molecule is Cc1cc(C)cc(CC(NN)C2=CCCCO2)c1. The zero-order valence-corrected chi connectivity index (χ0v) is 11.2. The van der Waals surface area contributed by atoms with Gasteiger partial charge in [-0.2, -0.15) is 0 Å². The van der Waals surface area contributed by atoms with Crippen molar-refractivity contribution in [1.29, 1.82) is 0 Å². The van der Waals surface area contributed by atoms with Crippen molar-refractivity contribution in [1.82, 2.24) is 5.43 Å². The molecule has 1 aliphatic rings. The van der Waals surface area contributed by atoms with E-state index in [4.69, 9.17) is 10.6 Å². The molecular weight excluding hydrogens is 224 g/mol. The van der Waals surface area contributed by atoms with Crippen molar-refractivity contribution in [2.45, 2.75) is 39.2 Å². The second-order valence-electron chi connectivity index (χ2n) is 5.02. The van der Waals surface area contributed by atoms with Crippen molar-refractivity contribution in [2.24, 2.45) is 5.84 Å². The van der Waals surface area contributed by atoms with Gasteiger partial charge in [-0.25, -0.2) is 5.43 Å². The van der Waals surface area contributed by atoms with Crippen molar-refractivity contribution >= 4 is 0 Å². The zero-order chi connectivity index (χ0) is 13.0. The molecule has 0 fully saturated rings. The van der Waals surface area contributed by atoms with Crippen LogP contribution in [0.15, 0.2) is 30.0 Å². The lowest BCUT2D eigenvalue weighted by molar-refractivity contribution is 0.167.